The molecule has 0 N–H and O–H groups in total. The number of piperazine rings is 1. The maximum atomic E-state index is 13.2. The number of likely N-dealkylation sites (N-methyl/N-ethyl adjacent to an activating group) is 1. The van der Waals surface area contributed by atoms with Crippen molar-refractivity contribution in [1.82, 2.24) is 9.80 Å². The molecule has 3 saturated heterocycles. The zero-order valence-electron chi connectivity index (χ0n) is 23.2. The van der Waals surface area contributed by atoms with E-state index in [0.717, 1.165) is 53.5 Å². The molecule has 3 aromatic rings. The van der Waals surface area contributed by atoms with Gasteiger partial charge in [-0.3, -0.25) is 4.90 Å². The Labute approximate surface area is 233 Å². The number of hydrogen-bond donors (Lipinski definition) is 0. The Bertz CT molecular complexity index is 1490. The number of nitrogens with zero attached hydrogens (tertiary/aromatic N) is 2. The fourth-order valence-corrected chi connectivity index (χ4v) is 6.77. The van der Waals surface area contributed by atoms with E-state index in [1.807, 2.05) is 30.3 Å². The third kappa shape index (κ3) is 4.10. The first kappa shape index (κ1) is 25.3. The van der Waals surface area contributed by atoms with Gasteiger partial charge in [-0.1, -0.05) is 6.07 Å². The molecule has 8 rings (SSSR count). The number of methoxy groups -OCH3 is 2. The minimum absolute atomic E-state index is 0.160. The van der Waals surface area contributed by atoms with Gasteiger partial charge in [0.05, 0.1) is 26.4 Å². The molecular formula is C31H34N2O7. The van der Waals surface area contributed by atoms with E-state index < -0.39 is 0 Å². The number of cyclic esters (lactones) is 1. The molecule has 210 valence electrons. The number of piperidine rings is 2. The smallest absolute Gasteiger partial charge is 0.339 e. The van der Waals surface area contributed by atoms with Gasteiger partial charge in [-0.25, -0.2) is 4.79 Å². The fraction of sp³-hybridized carbons (Fsp3) is 0.452. The zero-order chi connectivity index (χ0) is 27.4. The van der Waals surface area contributed by atoms with Crippen LogP contribution in [0.2, 0.25) is 0 Å². The predicted molar refractivity (Wildman–Crippen MR) is 149 cm³/mol. The molecule has 2 atom stereocenters. The lowest BCUT2D eigenvalue weighted by molar-refractivity contribution is -0.00816. The van der Waals surface area contributed by atoms with Gasteiger partial charge in [0.15, 0.2) is 23.0 Å². The molecule has 5 aliphatic rings. The van der Waals surface area contributed by atoms with Crippen LogP contribution in [0.25, 0.3) is 21.9 Å². The van der Waals surface area contributed by atoms with Crippen LogP contribution in [0.5, 0.6) is 28.7 Å². The average molecular weight is 547 g/mol. The highest BCUT2D eigenvalue weighted by Crippen LogP contribution is 2.49. The van der Waals surface area contributed by atoms with Gasteiger partial charge in [0.25, 0.3) is 0 Å². The Morgan fingerprint density at radius 1 is 0.900 bits per heavy atom. The summed E-state index contributed by atoms with van der Waals surface area (Å²) in [6, 6.07) is 10.8. The van der Waals surface area contributed by atoms with Crippen LogP contribution in [0.15, 0.2) is 30.3 Å². The third-order valence-corrected chi connectivity index (χ3v) is 8.83. The van der Waals surface area contributed by atoms with Gasteiger partial charge in [0.2, 0.25) is 6.79 Å². The van der Waals surface area contributed by atoms with E-state index in [1.165, 1.54) is 12.8 Å². The molecule has 0 radical (unpaired) electrons. The maximum Gasteiger partial charge on any atom is 0.339 e. The zero-order valence-corrected chi connectivity index (χ0v) is 23.2. The molecule has 2 bridgehead atoms. The van der Waals surface area contributed by atoms with E-state index in [1.54, 1.807) is 14.2 Å². The second-order valence-electron chi connectivity index (χ2n) is 11.0. The van der Waals surface area contributed by atoms with E-state index in [2.05, 4.69) is 16.8 Å². The number of ether oxygens (including phenoxy) is 6. The van der Waals surface area contributed by atoms with Gasteiger partial charge >= 0.3 is 5.97 Å². The average Bonchev–Trinajstić information content (AvgIpc) is 3.61. The van der Waals surface area contributed by atoms with Crippen molar-refractivity contribution in [2.24, 2.45) is 0 Å². The van der Waals surface area contributed by atoms with E-state index in [9.17, 15) is 4.79 Å². The standard InChI is InChI=1S/C31H34N2O7/c1-32-14-20-7-6-19(32)15-33(20)9-4-10-37-30-22-13-26(36-3)25(35-2)12-21(22)28(29-23(30)16-38-31(29)34)18-5-8-24-27(11-18)40-17-39-24/h5,8,11-13,19-20H,4,6-7,9-10,14-17H2,1-3H3. The van der Waals surface area contributed by atoms with Gasteiger partial charge in [-0.2, -0.15) is 0 Å². The highest BCUT2D eigenvalue weighted by molar-refractivity contribution is 6.14. The minimum atomic E-state index is -0.363. The van der Waals surface area contributed by atoms with Crippen LogP contribution < -0.4 is 23.7 Å². The predicted octanol–water partition coefficient (Wildman–Crippen LogP) is 4.47. The van der Waals surface area contributed by atoms with Crippen molar-refractivity contribution < 1.29 is 33.2 Å². The number of hydrogen-bond acceptors (Lipinski definition) is 9. The lowest BCUT2D eigenvalue weighted by atomic mass is 9.89. The van der Waals surface area contributed by atoms with Crippen molar-refractivity contribution in [1.29, 1.82) is 0 Å². The van der Waals surface area contributed by atoms with Crippen molar-refractivity contribution in [3.8, 4) is 39.9 Å². The SMILES string of the molecule is COc1cc2c(OCCCN3CC4CCC3CN4C)c3c(c(-c4ccc5c(c4)OCO5)c2cc1OC)C(=O)OC3. The van der Waals surface area contributed by atoms with E-state index >= 15 is 0 Å². The van der Waals surface area contributed by atoms with Gasteiger partial charge in [-0.15, -0.1) is 0 Å². The summed E-state index contributed by atoms with van der Waals surface area (Å²) in [6.45, 7) is 4.14. The van der Waals surface area contributed by atoms with E-state index in [4.69, 9.17) is 28.4 Å². The molecule has 0 aliphatic carbocycles. The Morgan fingerprint density at radius 3 is 2.42 bits per heavy atom. The Kier molecular flexibility index (Phi) is 6.35. The second-order valence-corrected chi connectivity index (χ2v) is 11.0. The first-order valence-electron chi connectivity index (χ1n) is 13.9. The molecule has 9 nitrogen and oxygen atoms in total. The summed E-state index contributed by atoms with van der Waals surface area (Å²) in [5.41, 5.74) is 2.86. The number of esters is 1. The molecule has 5 heterocycles. The molecule has 5 aliphatic heterocycles. The Hall–Kier alpha value is -3.69. The Balaban J connectivity index is 1.27. The van der Waals surface area contributed by atoms with Crippen LogP contribution in [0.1, 0.15) is 35.2 Å². The molecule has 9 heteroatoms. The molecule has 0 saturated carbocycles. The maximum absolute atomic E-state index is 13.2. The lowest BCUT2D eigenvalue weighted by Gasteiger charge is -2.50. The summed E-state index contributed by atoms with van der Waals surface area (Å²) in [7, 11) is 5.46. The summed E-state index contributed by atoms with van der Waals surface area (Å²) < 4.78 is 34.6. The second kappa shape index (κ2) is 10.1. The summed E-state index contributed by atoms with van der Waals surface area (Å²) in [6.07, 6.45) is 3.47. The van der Waals surface area contributed by atoms with Crippen molar-refractivity contribution in [2.75, 3.05) is 54.3 Å². The van der Waals surface area contributed by atoms with Crippen LogP contribution in [-0.4, -0.2) is 82.2 Å². The normalized spacial score (nSPS) is 21.5. The van der Waals surface area contributed by atoms with Crippen LogP contribution in [-0.2, 0) is 11.3 Å². The fourth-order valence-electron chi connectivity index (χ4n) is 6.77. The monoisotopic (exact) mass is 546 g/mol. The molecule has 3 fully saturated rings. The van der Waals surface area contributed by atoms with Crippen molar-refractivity contribution in [2.45, 2.75) is 38.0 Å². The first-order chi connectivity index (χ1) is 19.6. The van der Waals surface area contributed by atoms with Crippen molar-refractivity contribution >= 4 is 16.7 Å². The van der Waals surface area contributed by atoms with E-state index in [-0.39, 0.29) is 19.4 Å². The molecule has 0 amide bonds. The quantitative estimate of drug-likeness (QED) is 0.300. The van der Waals surface area contributed by atoms with Crippen LogP contribution in [0.4, 0.5) is 0 Å². The number of fused-ring (bicyclic) bond motifs is 6. The highest BCUT2D eigenvalue weighted by Gasteiger charge is 2.37. The van der Waals surface area contributed by atoms with Gasteiger partial charge < -0.3 is 33.3 Å². The number of rotatable bonds is 8. The minimum Gasteiger partial charge on any atom is -0.493 e. The van der Waals surface area contributed by atoms with Crippen molar-refractivity contribution in [3.63, 3.8) is 0 Å². The lowest BCUT2D eigenvalue weighted by Crippen LogP contribution is -2.61. The highest BCUT2D eigenvalue weighted by atomic mass is 16.7. The number of carbonyl (C=O) groups is 1. The van der Waals surface area contributed by atoms with Crippen molar-refractivity contribution in [3.05, 3.63) is 41.5 Å². The van der Waals surface area contributed by atoms with Crippen LogP contribution >= 0.6 is 0 Å². The molecule has 0 spiro atoms. The summed E-state index contributed by atoms with van der Waals surface area (Å²) in [5, 5.41) is 1.67. The third-order valence-electron chi connectivity index (χ3n) is 8.83. The van der Waals surface area contributed by atoms with Crippen LogP contribution in [0.3, 0.4) is 0 Å². The van der Waals surface area contributed by atoms with Gasteiger partial charge in [-0.05, 0) is 61.5 Å². The van der Waals surface area contributed by atoms with Crippen LogP contribution in [0, 0.1) is 0 Å². The molecule has 0 aromatic heterocycles. The Morgan fingerprint density at radius 2 is 1.68 bits per heavy atom. The number of carbonyl (C=O) groups excluding carboxylic acids is 1. The summed E-state index contributed by atoms with van der Waals surface area (Å²) >= 11 is 0. The summed E-state index contributed by atoms with van der Waals surface area (Å²) in [4.78, 5) is 18.3. The molecule has 3 aromatic carbocycles. The van der Waals surface area contributed by atoms with E-state index in [0.29, 0.717) is 53.0 Å². The van der Waals surface area contributed by atoms with Gasteiger partial charge in [0, 0.05) is 48.2 Å². The first-order valence-corrected chi connectivity index (χ1v) is 13.9. The summed E-state index contributed by atoms with van der Waals surface area (Å²) in [5.74, 6) is 2.79. The topological polar surface area (TPSA) is 78.9 Å². The number of benzene rings is 3. The largest absolute Gasteiger partial charge is 0.493 e. The molecular weight excluding hydrogens is 512 g/mol. The van der Waals surface area contributed by atoms with Gasteiger partial charge in [0.1, 0.15) is 12.4 Å². The molecule has 2 unspecified atom stereocenters. The molecule has 40 heavy (non-hydrogen) atoms.